The van der Waals surface area contributed by atoms with Crippen molar-refractivity contribution in [3.05, 3.63) is 47.4 Å². The van der Waals surface area contributed by atoms with E-state index in [1.807, 2.05) is 6.92 Å². The number of thioether (sulfide) groups is 1. The molecule has 7 nitrogen and oxygen atoms in total. The number of benzene rings is 1. The smallest absolute Gasteiger partial charge is 0.144 e. The van der Waals surface area contributed by atoms with Crippen molar-refractivity contribution in [2.45, 2.75) is 25.3 Å². The van der Waals surface area contributed by atoms with Crippen molar-refractivity contribution in [2.24, 2.45) is 0 Å². The van der Waals surface area contributed by atoms with E-state index in [1.165, 1.54) is 29.3 Å². The fourth-order valence-electron chi connectivity index (χ4n) is 3.50. The number of anilines is 2. The summed E-state index contributed by atoms with van der Waals surface area (Å²) in [5.74, 6) is 0.737. The Morgan fingerprint density at radius 1 is 1.17 bits per heavy atom. The fourth-order valence-corrected chi connectivity index (χ4v) is 4.53. The molecule has 0 atom stereocenters. The lowest BCUT2D eigenvalue weighted by atomic mass is 10.0. The van der Waals surface area contributed by atoms with Crippen molar-refractivity contribution in [3.8, 4) is 0 Å². The van der Waals surface area contributed by atoms with E-state index in [1.54, 1.807) is 6.92 Å². The zero-order chi connectivity index (χ0) is 20.4. The van der Waals surface area contributed by atoms with E-state index in [-0.39, 0.29) is 0 Å². The molecule has 2 aliphatic rings. The van der Waals surface area contributed by atoms with Gasteiger partial charge in [0.2, 0.25) is 0 Å². The number of rotatable bonds is 5. The largest absolute Gasteiger partial charge is 0.369 e. The second kappa shape index (κ2) is 8.34. The van der Waals surface area contributed by atoms with Crippen LogP contribution in [0.4, 0.5) is 11.5 Å². The average Bonchev–Trinajstić information content (AvgIpc) is 3.09. The van der Waals surface area contributed by atoms with Gasteiger partial charge in [0.1, 0.15) is 17.2 Å². The summed E-state index contributed by atoms with van der Waals surface area (Å²) >= 11 is 1.36. The van der Waals surface area contributed by atoms with Crippen LogP contribution >= 0.6 is 11.8 Å². The van der Waals surface area contributed by atoms with Crippen LogP contribution in [0, 0.1) is 10.8 Å². The Balaban J connectivity index is 1.50. The van der Waals surface area contributed by atoms with Crippen LogP contribution in [0.5, 0.6) is 0 Å². The van der Waals surface area contributed by atoms with Crippen molar-refractivity contribution >= 4 is 39.6 Å². The normalized spacial score (nSPS) is 17.9. The Hall–Kier alpha value is -2.71. The molecule has 3 heterocycles. The molecule has 0 spiro atoms. The van der Waals surface area contributed by atoms with E-state index in [0.717, 1.165) is 53.7 Å². The topological polar surface area (TPSA) is 101 Å². The molecule has 1 aromatic heterocycles. The van der Waals surface area contributed by atoms with Crippen LogP contribution in [0.25, 0.3) is 5.57 Å². The van der Waals surface area contributed by atoms with Gasteiger partial charge in [0.15, 0.2) is 0 Å². The predicted octanol–water partition coefficient (Wildman–Crippen LogP) is 3.39. The first-order valence-electron chi connectivity index (χ1n) is 9.71. The summed E-state index contributed by atoms with van der Waals surface area (Å²) in [6, 6.07) is 8.65. The van der Waals surface area contributed by atoms with E-state index < -0.39 is 0 Å². The average molecular weight is 408 g/mol. The molecule has 150 valence electrons. The maximum atomic E-state index is 8.33. The quantitative estimate of drug-likeness (QED) is 0.567. The van der Waals surface area contributed by atoms with Gasteiger partial charge in [-0.05, 0) is 37.1 Å². The molecular weight excluding hydrogens is 382 g/mol. The second-order valence-corrected chi connectivity index (χ2v) is 8.23. The number of hydrogen-bond donors (Lipinski definition) is 4. The minimum absolute atomic E-state index is 0.424. The van der Waals surface area contributed by atoms with Crippen LogP contribution < -0.4 is 15.5 Å². The zero-order valence-corrected chi connectivity index (χ0v) is 17.5. The van der Waals surface area contributed by atoms with Crippen molar-refractivity contribution in [3.63, 3.8) is 0 Å². The van der Waals surface area contributed by atoms with E-state index in [4.69, 9.17) is 10.8 Å². The Morgan fingerprint density at radius 2 is 1.90 bits per heavy atom. The standard InChI is InChI=1S/C21H25N7S/c1-13(14(2)22)17-18-19(29-20(17)23)21(27-12-26-18)25-11-15-3-5-16(6-4-15)28-9-7-24-8-10-28/h3-6,12,22-24H,7-11H2,1-2H3,(H,25,26,27)/b17-13-,22-14?,23-20?. The molecule has 1 fully saturated rings. The molecule has 4 N–H and O–H groups in total. The first kappa shape index (κ1) is 19.6. The summed E-state index contributed by atoms with van der Waals surface area (Å²) in [6.45, 7) is 8.40. The van der Waals surface area contributed by atoms with Crippen LogP contribution in [0.2, 0.25) is 0 Å². The number of aromatic nitrogens is 2. The third-order valence-electron chi connectivity index (χ3n) is 5.29. The minimum atomic E-state index is 0.424. The van der Waals surface area contributed by atoms with Crippen molar-refractivity contribution in [1.82, 2.24) is 15.3 Å². The van der Waals surface area contributed by atoms with Crippen LogP contribution in [-0.4, -0.2) is 46.9 Å². The molecule has 1 saturated heterocycles. The highest BCUT2D eigenvalue weighted by molar-refractivity contribution is 8.15. The Morgan fingerprint density at radius 3 is 2.59 bits per heavy atom. The first-order chi connectivity index (χ1) is 14.0. The summed E-state index contributed by atoms with van der Waals surface area (Å²) in [5.41, 5.74) is 5.16. The fraction of sp³-hybridized carbons (Fsp3) is 0.333. The van der Waals surface area contributed by atoms with Gasteiger partial charge < -0.3 is 20.9 Å². The van der Waals surface area contributed by atoms with E-state index in [2.05, 4.69) is 49.8 Å². The third kappa shape index (κ3) is 4.04. The lowest BCUT2D eigenvalue weighted by Crippen LogP contribution is -2.43. The Labute approximate surface area is 175 Å². The van der Waals surface area contributed by atoms with Gasteiger partial charge in [-0.1, -0.05) is 23.9 Å². The molecule has 0 amide bonds. The predicted molar refractivity (Wildman–Crippen MR) is 120 cm³/mol. The van der Waals surface area contributed by atoms with Gasteiger partial charge >= 0.3 is 0 Å². The Bertz CT molecular complexity index is 975. The zero-order valence-electron chi connectivity index (χ0n) is 16.7. The minimum Gasteiger partial charge on any atom is -0.369 e. The molecule has 0 saturated carbocycles. The van der Waals surface area contributed by atoms with Crippen LogP contribution in [0.1, 0.15) is 25.1 Å². The number of nitrogens with one attached hydrogen (secondary N) is 4. The number of hydrogen-bond acceptors (Lipinski definition) is 8. The van der Waals surface area contributed by atoms with Crippen molar-refractivity contribution in [2.75, 3.05) is 36.4 Å². The third-order valence-corrected chi connectivity index (χ3v) is 6.29. The van der Waals surface area contributed by atoms with E-state index in [0.29, 0.717) is 17.3 Å². The van der Waals surface area contributed by atoms with Gasteiger partial charge in [0.05, 0.1) is 10.6 Å². The van der Waals surface area contributed by atoms with Gasteiger partial charge in [-0.2, -0.15) is 0 Å². The van der Waals surface area contributed by atoms with Crippen LogP contribution in [-0.2, 0) is 6.54 Å². The molecule has 0 aliphatic carbocycles. The number of fused-ring (bicyclic) bond motifs is 1. The highest BCUT2D eigenvalue weighted by Crippen LogP contribution is 2.44. The lowest BCUT2D eigenvalue weighted by molar-refractivity contribution is 0.589. The summed E-state index contributed by atoms with van der Waals surface area (Å²) < 4.78 is 0. The van der Waals surface area contributed by atoms with Crippen LogP contribution in [0.3, 0.4) is 0 Å². The second-order valence-electron chi connectivity index (χ2n) is 7.21. The maximum Gasteiger partial charge on any atom is 0.144 e. The highest BCUT2D eigenvalue weighted by atomic mass is 32.2. The lowest BCUT2D eigenvalue weighted by Gasteiger charge is -2.29. The van der Waals surface area contributed by atoms with Gasteiger partial charge in [0, 0.05) is 49.7 Å². The molecule has 1 aromatic carbocycles. The number of nitrogens with zero attached hydrogens (tertiary/aromatic N) is 3. The van der Waals surface area contributed by atoms with Gasteiger partial charge in [-0.3, -0.25) is 5.41 Å². The first-order valence-corrected chi connectivity index (χ1v) is 10.5. The monoisotopic (exact) mass is 407 g/mol. The molecular formula is C21H25N7S. The van der Waals surface area contributed by atoms with Gasteiger partial charge in [0.25, 0.3) is 0 Å². The number of allylic oxidation sites excluding steroid dienone is 1. The molecule has 0 unspecified atom stereocenters. The van der Waals surface area contributed by atoms with Gasteiger partial charge in [-0.15, -0.1) is 0 Å². The molecule has 2 aliphatic heterocycles. The van der Waals surface area contributed by atoms with Crippen LogP contribution in [0.15, 0.2) is 41.1 Å². The summed E-state index contributed by atoms with van der Waals surface area (Å²) in [7, 11) is 0. The molecule has 2 aromatic rings. The molecule has 8 heteroatoms. The van der Waals surface area contributed by atoms with E-state index in [9.17, 15) is 0 Å². The van der Waals surface area contributed by atoms with Crippen molar-refractivity contribution < 1.29 is 0 Å². The van der Waals surface area contributed by atoms with Crippen molar-refractivity contribution in [1.29, 1.82) is 10.8 Å². The summed E-state index contributed by atoms with van der Waals surface area (Å²) in [5, 5.41) is 23.4. The van der Waals surface area contributed by atoms with Gasteiger partial charge in [-0.25, -0.2) is 9.97 Å². The SMILES string of the molecule is CC(=N)/C(C)=C1\C(=N)Sc2c(NCc3ccc(N4CCNCC4)cc3)ncnc21. The molecule has 4 rings (SSSR count). The molecule has 0 bridgehead atoms. The maximum absolute atomic E-state index is 8.33. The summed E-state index contributed by atoms with van der Waals surface area (Å²) in [6.07, 6.45) is 1.53. The number of piperazine rings is 1. The molecule has 29 heavy (non-hydrogen) atoms. The Kier molecular flexibility index (Phi) is 5.64. The molecule has 0 radical (unpaired) electrons. The summed E-state index contributed by atoms with van der Waals surface area (Å²) in [4.78, 5) is 12.1. The highest BCUT2D eigenvalue weighted by Gasteiger charge is 2.29. The van der Waals surface area contributed by atoms with E-state index >= 15 is 0 Å².